The van der Waals surface area contributed by atoms with Gasteiger partial charge in [0, 0.05) is 9.75 Å². The topological polar surface area (TPSA) is 75.7 Å². The number of hydrogen-bond acceptors (Lipinski definition) is 5. The molecule has 0 fully saturated rings. The molecule has 0 aliphatic carbocycles. The van der Waals surface area contributed by atoms with Crippen LogP contribution in [-0.2, 0) is 17.8 Å². The second-order valence-electron chi connectivity index (χ2n) is 6.44. The Balaban J connectivity index is 1.95. The van der Waals surface area contributed by atoms with Crippen LogP contribution < -0.4 is 5.73 Å². The summed E-state index contributed by atoms with van der Waals surface area (Å²) in [7, 11) is 0. The highest BCUT2D eigenvalue weighted by atomic mass is 35.5. The Morgan fingerprint density at radius 1 is 1.16 bits per heavy atom. The van der Waals surface area contributed by atoms with E-state index in [2.05, 4.69) is 4.99 Å². The minimum absolute atomic E-state index is 0.109. The van der Waals surface area contributed by atoms with Crippen molar-refractivity contribution in [1.29, 1.82) is 0 Å². The molecule has 0 amide bonds. The fourth-order valence-electron chi connectivity index (χ4n) is 2.66. The van der Waals surface area contributed by atoms with Crippen molar-refractivity contribution in [3.63, 3.8) is 0 Å². The van der Waals surface area contributed by atoms with Crippen LogP contribution in [0.2, 0.25) is 4.34 Å². The highest BCUT2D eigenvalue weighted by Crippen LogP contribution is 2.31. The summed E-state index contributed by atoms with van der Waals surface area (Å²) in [6, 6.07) is 13.9. The summed E-state index contributed by atoms with van der Waals surface area (Å²) in [5, 5.41) is 8.98. The van der Waals surface area contributed by atoms with Crippen LogP contribution in [0.4, 0.5) is 13.2 Å². The first-order valence-corrected chi connectivity index (χ1v) is 10.9. The van der Waals surface area contributed by atoms with Gasteiger partial charge in [-0.15, -0.1) is 22.7 Å². The zero-order chi connectivity index (χ0) is 22.6. The van der Waals surface area contributed by atoms with Gasteiger partial charge in [-0.05, 0) is 47.5 Å². The lowest BCUT2D eigenvalue weighted by Gasteiger charge is -2.07. The lowest BCUT2D eigenvalue weighted by Crippen LogP contribution is -2.20. The summed E-state index contributed by atoms with van der Waals surface area (Å²) >= 11 is 8.45. The van der Waals surface area contributed by atoms with Gasteiger partial charge in [0.05, 0.1) is 27.9 Å². The van der Waals surface area contributed by atoms with E-state index in [1.807, 2.05) is 6.07 Å². The van der Waals surface area contributed by atoms with Crippen molar-refractivity contribution in [3.8, 4) is 10.4 Å². The van der Waals surface area contributed by atoms with Crippen LogP contribution in [0.5, 0.6) is 0 Å². The number of aliphatic imine (C=N–C) groups is 1. The summed E-state index contributed by atoms with van der Waals surface area (Å²) < 4.78 is 39.6. The molecule has 162 valence electrons. The summed E-state index contributed by atoms with van der Waals surface area (Å²) in [6.07, 6.45) is -3.96. The molecule has 0 bridgehead atoms. The normalized spacial score (nSPS) is 12.9. The van der Waals surface area contributed by atoms with E-state index in [9.17, 15) is 18.0 Å². The number of carbonyl (C=O) groups is 1. The van der Waals surface area contributed by atoms with E-state index >= 15 is 0 Å². The Hall–Kier alpha value is -2.62. The number of hydrogen-bond donors (Lipinski definition) is 2. The van der Waals surface area contributed by atoms with Gasteiger partial charge in [0.15, 0.2) is 0 Å². The van der Waals surface area contributed by atoms with Gasteiger partial charge in [-0.3, -0.25) is 9.79 Å². The molecule has 4 nitrogen and oxygen atoms in total. The number of halogens is 4. The Kier molecular flexibility index (Phi) is 7.19. The first kappa shape index (κ1) is 23.1. The number of alkyl halides is 3. The van der Waals surface area contributed by atoms with Crippen molar-refractivity contribution in [1.82, 2.24) is 0 Å². The second kappa shape index (κ2) is 9.67. The van der Waals surface area contributed by atoms with Gasteiger partial charge in [0.25, 0.3) is 0 Å². The van der Waals surface area contributed by atoms with Crippen LogP contribution in [0.3, 0.4) is 0 Å². The number of allylic oxidation sites excluding steroid dienone is 2. The van der Waals surface area contributed by atoms with E-state index in [-0.39, 0.29) is 18.7 Å². The Morgan fingerprint density at radius 2 is 1.94 bits per heavy atom. The van der Waals surface area contributed by atoms with Crippen molar-refractivity contribution >= 4 is 46.0 Å². The quantitative estimate of drug-likeness (QED) is 0.395. The Bertz CT molecular complexity index is 1150. The number of carboxylic acids is 1. The van der Waals surface area contributed by atoms with E-state index in [4.69, 9.17) is 22.4 Å². The van der Waals surface area contributed by atoms with E-state index < -0.39 is 17.8 Å². The van der Waals surface area contributed by atoms with Gasteiger partial charge in [-0.1, -0.05) is 29.8 Å². The van der Waals surface area contributed by atoms with E-state index in [0.717, 1.165) is 21.4 Å². The monoisotopic (exact) mass is 484 g/mol. The molecular weight excluding hydrogens is 469 g/mol. The zero-order valence-electron chi connectivity index (χ0n) is 15.8. The highest BCUT2D eigenvalue weighted by Gasteiger charge is 2.31. The molecule has 0 aliphatic heterocycles. The Morgan fingerprint density at radius 3 is 2.58 bits per heavy atom. The fourth-order valence-corrected chi connectivity index (χ4v) is 4.66. The van der Waals surface area contributed by atoms with Gasteiger partial charge >= 0.3 is 12.1 Å². The molecule has 3 aromatic rings. The smallest absolute Gasteiger partial charge is 0.430 e. The van der Waals surface area contributed by atoms with Crippen molar-refractivity contribution in [2.45, 2.75) is 19.1 Å². The largest absolute Gasteiger partial charge is 0.481 e. The molecule has 0 radical (unpaired) electrons. The molecule has 0 atom stereocenters. The molecule has 3 rings (SSSR count). The lowest BCUT2D eigenvalue weighted by atomic mass is 10.1. The molecule has 0 saturated heterocycles. The average molecular weight is 485 g/mol. The third-order valence-corrected chi connectivity index (χ3v) is 6.45. The first-order valence-electron chi connectivity index (χ1n) is 8.86. The molecule has 3 N–H and O–H groups in total. The molecule has 2 heterocycles. The molecule has 2 aromatic heterocycles. The summed E-state index contributed by atoms with van der Waals surface area (Å²) in [5.41, 5.74) is 5.50. The molecule has 0 spiro atoms. The van der Waals surface area contributed by atoms with Gasteiger partial charge in [-0.25, -0.2) is 0 Å². The molecule has 0 unspecified atom stereocenters. The first-order chi connectivity index (χ1) is 14.6. The van der Waals surface area contributed by atoms with Crippen LogP contribution in [0.25, 0.3) is 10.4 Å². The van der Waals surface area contributed by atoms with Crippen LogP contribution in [0.1, 0.15) is 15.3 Å². The van der Waals surface area contributed by atoms with Crippen molar-refractivity contribution < 1.29 is 23.1 Å². The zero-order valence-corrected chi connectivity index (χ0v) is 18.2. The molecule has 0 saturated carbocycles. The van der Waals surface area contributed by atoms with Gasteiger partial charge in [0.1, 0.15) is 5.70 Å². The van der Waals surface area contributed by atoms with Crippen LogP contribution in [0.15, 0.2) is 65.3 Å². The SMILES string of the molecule is N/C(=C\C(=NCc1ccc(Cl)s1)c1ccc(-c2cccc(CC(=O)O)c2)s1)C(F)(F)F. The number of benzene rings is 1. The summed E-state index contributed by atoms with van der Waals surface area (Å²) in [6.45, 7) is 0.162. The van der Waals surface area contributed by atoms with Gasteiger partial charge in [0.2, 0.25) is 0 Å². The maximum absolute atomic E-state index is 13.0. The van der Waals surface area contributed by atoms with Crippen molar-refractivity contribution in [2.75, 3.05) is 0 Å². The predicted octanol–water partition coefficient (Wildman–Crippen LogP) is 6.15. The van der Waals surface area contributed by atoms with Gasteiger partial charge < -0.3 is 10.8 Å². The lowest BCUT2D eigenvalue weighted by molar-refractivity contribution is -0.136. The number of nitrogens with two attached hydrogens (primary N) is 1. The summed E-state index contributed by atoms with van der Waals surface area (Å²) in [4.78, 5) is 17.4. The standard InChI is InChI=1S/C21H16ClF3N2O2S2/c22-19-7-4-14(30-19)11-27-15(10-18(26)21(23,24)25)17-6-5-16(31-17)13-3-1-2-12(8-13)9-20(28)29/h1-8,10H,9,11,26H2,(H,28,29)/b18-10-,27-15?. The maximum atomic E-state index is 13.0. The van der Waals surface area contributed by atoms with E-state index in [0.29, 0.717) is 14.8 Å². The van der Waals surface area contributed by atoms with E-state index in [1.54, 1.807) is 42.5 Å². The van der Waals surface area contributed by atoms with E-state index in [1.165, 1.54) is 22.7 Å². The Labute approximate surface area is 189 Å². The third kappa shape index (κ3) is 6.43. The third-order valence-electron chi connectivity index (χ3n) is 4.08. The summed E-state index contributed by atoms with van der Waals surface area (Å²) in [5.74, 6) is -0.945. The number of carboxylic acid groups (broad SMARTS) is 1. The molecule has 1 aromatic carbocycles. The number of nitrogens with zero attached hydrogens (tertiary/aromatic N) is 1. The van der Waals surface area contributed by atoms with Crippen molar-refractivity contribution in [2.24, 2.45) is 10.7 Å². The minimum atomic E-state index is -4.67. The molecule has 0 aliphatic rings. The number of aliphatic carboxylic acids is 1. The van der Waals surface area contributed by atoms with Gasteiger partial charge in [-0.2, -0.15) is 13.2 Å². The minimum Gasteiger partial charge on any atom is -0.481 e. The molecular formula is C21H16ClF3N2O2S2. The van der Waals surface area contributed by atoms with Crippen LogP contribution in [0, 0.1) is 0 Å². The maximum Gasteiger partial charge on any atom is 0.430 e. The van der Waals surface area contributed by atoms with Crippen LogP contribution in [-0.4, -0.2) is 23.0 Å². The fraction of sp³-hybridized carbons (Fsp3) is 0.143. The number of thiophene rings is 2. The molecule has 10 heteroatoms. The number of rotatable bonds is 7. The van der Waals surface area contributed by atoms with Crippen molar-refractivity contribution in [3.05, 3.63) is 80.0 Å². The predicted molar refractivity (Wildman–Crippen MR) is 119 cm³/mol. The molecule has 31 heavy (non-hydrogen) atoms. The average Bonchev–Trinajstić information content (AvgIpc) is 3.33. The van der Waals surface area contributed by atoms with Crippen LogP contribution >= 0.6 is 34.3 Å². The second-order valence-corrected chi connectivity index (χ2v) is 9.32. The highest BCUT2D eigenvalue weighted by molar-refractivity contribution is 7.17.